The van der Waals surface area contributed by atoms with Crippen molar-refractivity contribution >= 4 is 17.2 Å². The topological polar surface area (TPSA) is 38.1 Å². The molecule has 1 amide bonds. The van der Waals surface area contributed by atoms with E-state index in [2.05, 4.69) is 26.8 Å². The van der Waals surface area contributed by atoms with Gasteiger partial charge in [-0.15, -0.1) is 11.3 Å². The van der Waals surface area contributed by atoms with Crippen molar-refractivity contribution < 1.29 is 4.79 Å². The molecular formula is C17H23N3OS. The molecule has 3 heterocycles. The van der Waals surface area contributed by atoms with Crippen LogP contribution < -0.4 is 0 Å². The molecule has 0 unspecified atom stereocenters. The van der Waals surface area contributed by atoms with Gasteiger partial charge in [-0.3, -0.25) is 4.79 Å². The molecule has 2 aromatic rings. The lowest BCUT2D eigenvalue weighted by molar-refractivity contribution is -0.135. The minimum atomic E-state index is 0.178. The van der Waals surface area contributed by atoms with Crippen LogP contribution in [0.5, 0.6) is 0 Å². The van der Waals surface area contributed by atoms with Crippen molar-refractivity contribution in [2.45, 2.75) is 51.6 Å². The fraction of sp³-hybridized carbons (Fsp3) is 0.529. The standard InChI is InChI=1S/C17H23N3OS/c1-13-12-22-17(18-13)15-7-3-4-10-20(15)16(21)11-14(2)19-8-5-6-9-19/h5-6,8-9,12,14-15H,3-4,7,10-11H2,1-2H3/t14-,15+/m1/s1. The monoisotopic (exact) mass is 317 g/mol. The largest absolute Gasteiger partial charge is 0.351 e. The molecule has 1 aliphatic heterocycles. The van der Waals surface area contributed by atoms with Gasteiger partial charge < -0.3 is 9.47 Å². The smallest absolute Gasteiger partial charge is 0.225 e. The summed E-state index contributed by atoms with van der Waals surface area (Å²) in [5, 5.41) is 3.17. The van der Waals surface area contributed by atoms with Crippen molar-refractivity contribution in [1.29, 1.82) is 0 Å². The molecule has 22 heavy (non-hydrogen) atoms. The Balaban J connectivity index is 1.71. The molecule has 5 heteroatoms. The van der Waals surface area contributed by atoms with E-state index in [1.165, 1.54) is 6.42 Å². The molecule has 0 N–H and O–H groups in total. The summed E-state index contributed by atoms with van der Waals surface area (Å²) in [5.41, 5.74) is 1.05. The summed E-state index contributed by atoms with van der Waals surface area (Å²) in [7, 11) is 0. The zero-order chi connectivity index (χ0) is 15.5. The Hall–Kier alpha value is -1.62. The molecule has 2 atom stereocenters. The molecule has 0 radical (unpaired) electrons. The molecule has 2 aromatic heterocycles. The zero-order valence-electron chi connectivity index (χ0n) is 13.2. The number of amides is 1. The Labute approximate surface area is 135 Å². The first-order valence-corrected chi connectivity index (χ1v) is 8.87. The normalized spacial score (nSPS) is 20.1. The predicted molar refractivity (Wildman–Crippen MR) is 88.9 cm³/mol. The Morgan fingerprint density at radius 1 is 1.41 bits per heavy atom. The summed E-state index contributed by atoms with van der Waals surface area (Å²) in [4.78, 5) is 19.5. The lowest BCUT2D eigenvalue weighted by Crippen LogP contribution is -2.39. The van der Waals surface area contributed by atoms with Crippen molar-refractivity contribution in [3.63, 3.8) is 0 Å². The fourth-order valence-electron chi connectivity index (χ4n) is 3.13. The van der Waals surface area contributed by atoms with Crippen molar-refractivity contribution in [2.24, 2.45) is 0 Å². The number of hydrogen-bond acceptors (Lipinski definition) is 3. The SMILES string of the molecule is Cc1csc([C@@H]2CCCCN2C(=O)C[C@@H](C)n2cccc2)n1. The van der Waals surface area contributed by atoms with Crippen LogP contribution in [0.4, 0.5) is 0 Å². The van der Waals surface area contributed by atoms with Crippen LogP contribution in [0.1, 0.15) is 55.4 Å². The zero-order valence-corrected chi connectivity index (χ0v) is 14.1. The number of thiazole rings is 1. The third-order valence-corrected chi connectivity index (χ3v) is 5.42. The van der Waals surface area contributed by atoms with Crippen molar-refractivity contribution in [3.05, 3.63) is 40.6 Å². The molecule has 1 fully saturated rings. The van der Waals surface area contributed by atoms with E-state index in [4.69, 9.17) is 0 Å². The Kier molecular flexibility index (Phi) is 4.62. The van der Waals surface area contributed by atoms with Gasteiger partial charge in [-0.25, -0.2) is 4.98 Å². The molecule has 0 aromatic carbocycles. The van der Waals surface area contributed by atoms with Crippen LogP contribution in [0.2, 0.25) is 0 Å². The summed E-state index contributed by atoms with van der Waals surface area (Å²) in [6.45, 7) is 4.98. The minimum Gasteiger partial charge on any atom is -0.351 e. The highest BCUT2D eigenvalue weighted by Crippen LogP contribution is 2.33. The number of rotatable bonds is 4. The van der Waals surface area contributed by atoms with Gasteiger partial charge in [-0.05, 0) is 45.2 Å². The second-order valence-electron chi connectivity index (χ2n) is 6.11. The number of piperidine rings is 1. The van der Waals surface area contributed by atoms with Crippen molar-refractivity contribution in [1.82, 2.24) is 14.5 Å². The highest BCUT2D eigenvalue weighted by Gasteiger charge is 2.30. The number of carbonyl (C=O) groups is 1. The number of carbonyl (C=O) groups excluding carboxylic acids is 1. The molecule has 1 aliphatic rings. The maximum absolute atomic E-state index is 12.8. The summed E-state index contributed by atoms with van der Waals surface area (Å²) in [6.07, 6.45) is 7.92. The van der Waals surface area contributed by atoms with Crippen LogP contribution in [0.15, 0.2) is 29.9 Å². The maximum Gasteiger partial charge on any atom is 0.225 e. The van der Waals surface area contributed by atoms with Gasteiger partial charge in [0.15, 0.2) is 0 Å². The quantitative estimate of drug-likeness (QED) is 0.856. The number of nitrogens with zero attached hydrogens (tertiary/aromatic N) is 3. The van der Waals surface area contributed by atoms with Crippen LogP contribution in [0, 0.1) is 6.92 Å². The van der Waals surface area contributed by atoms with Gasteiger partial charge in [0.1, 0.15) is 5.01 Å². The van der Waals surface area contributed by atoms with Gasteiger partial charge in [0.2, 0.25) is 5.91 Å². The van der Waals surface area contributed by atoms with Crippen LogP contribution in [0.3, 0.4) is 0 Å². The van der Waals surface area contributed by atoms with Crippen LogP contribution in [-0.4, -0.2) is 26.9 Å². The number of aryl methyl sites for hydroxylation is 1. The van der Waals surface area contributed by atoms with E-state index in [0.29, 0.717) is 6.42 Å². The Morgan fingerprint density at radius 3 is 2.86 bits per heavy atom. The van der Waals surface area contributed by atoms with Gasteiger partial charge in [0, 0.05) is 42.5 Å². The van der Waals surface area contributed by atoms with E-state index < -0.39 is 0 Å². The molecule has 0 spiro atoms. The van der Waals surface area contributed by atoms with Crippen molar-refractivity contribution in [3.8, 4) is 0 Å². The lowest BCUT2D eigenvalue weighted by atomic mass is 10.0. The average molecular weight is 317 g/mol. The lowest BCUT2D eigenvalue weighted by Gasteiger charge is -2.35. The molecule has 118 valence electrons. The number of hydrogen-bond donors (Lipinski definition) is 0. The minimum absolute atomic E-state index is 0.178. The number of aromatic nitrogens is 2. The molecule has 4 nitrogen and oxygen atoms in total. The van der Waals surface area contributed by atoms with Gasteiger partial charge in [0.05, 0.1) is 6.04 Å². The molecule has 1 saturated heterocycles. The first-order chi connectivity index (χ1) is 10.6. The van der Waals surface area contributed by atoms with Gasteiger partial charge >= 0.3 is 0 Å². The fourth-order valence-corrected chi connectivity index (χ4v) is 4.07. The predicted octanol–water partition coefficient (Wildman–Crippen LogP) is 3.96. The van der Waals surface area contributed by atoms with E-state index in [1.54, 1.807) is 11.3 Å². The molecule has 0 saturated carbocycles. The average Bonchev–Trinajstić information content (AvgIpc) is 3.18. The summed E-state index contributed by atoms with van der Waals surface area (Å²) in [6, 6.07) is 4.38. The van der Waals surface area contributed by atoms with E-state index in [0.717, 1.165) is 30.1 Å². The first kappa shape index (κ1) is 15.3. The van der Waals surface area contributed by atoms with Crippen LogP contribution in [0.25, 0.3) is 0 Å². The number of likely N-dealkylation sites (tertiary alicyclic amines) is 1. The third-order valence-electron chi connectivity index (χ3n) is 4.35. The highest BCUT2D eigenvalue weighted by molar-refractivity contribution is 7.09. The first-order valence-electron chi connectivity index (χ1n) is 7.99. The maximum atomic E-state index is 12.8. The van der Waals surface area contributed by atoms with Gasteiger partial charge in [-0.2, -0.15) is 0 Å². The summed E-state index contributed by atoms with van der Waals surface area (Å²) >= 11 is 1.68. The molecule has 0 aliphatic carbocycles. The molecular weight excluding hydrogens is 294 g/mol. The van der Waals surface area contributed by atoms with Gasteiger partial charge in [0.25, 0.3) is 0 Å². The summed E-state index contributed by atoms with van der Waals surface area (Å²) in [5.74, 6) is 0.249. The Bertz CT molecular complexity index is 620. The van der Waals surface area contributed by atoms with E-state index in [1.807, 2.05) is 31.5 Å². The van der Waals surface area contributed by atoms with E-state index >= 15 is 0 Å². The Morgan fingerprint density at radius 2 is 2.18 bits per heavy atom. The molecule has 0 bridgehead atoms. The molecule has 3 rings (SSSR count). The van der Waals surface area contributed by atoms with Crippen molar-refractivity contribution in [2.75, 3.05) is 6.54 Å². The highest BCUT2D eigenvalue weighted by atomic mass is 32.1. The van der Waals surface area contributed by atoms with E-state index in [9.17, 15) is 4.79 Å². The summed E-state index contributed by atoms with van der Waals surface area (Å²) < 4.78 is 2.10. The van der Waals surface area contributed by atoms with Gasteiger partial charge in [-0.1, -0.05) is 0 Å². The second kappa shape index (κ2) is 6.65. The third kappa shape index (κ3) is 3.24. The second-order valence-corrected chi connectivity index (χ2v) is 7.00. The van der Waals surface area contributed by atoms with Crippen LogP contribution in [-0.2, 0) is 4.79 Å². The van der Waals surface area contributed by atoms with Crippen LogP contribution >= 0.6 is 11.3 Å². The van der Waals surface area contributed by atoms with E-state index in [-0.39, 0.29) is 18.0 Å².